The normalized spacial score (nSPS) is 19.4. The third kappa shape index (κ3) is 7.37. The summed E-state index contributed by atoms with van der Waals surface area (Å²) >= 11 is 0. The van der Waals surface area contributed by atoms with Gasteiger partial charge in [0.25, 0.3) is 0 Å². The molecule has 1 saturated carbocycles. The van der Waals surface area contributed by atoms with E-state index in [4.69, 9.17) is 5.11 Å². The Morgan fingerprint density at radius 2 is 1.40 bits per heavy atom. The Balaban J connectivity index is 1.27. The third-order valence-corrected chi connectivity index (χ3v) is 6.15. The minimum absolute atomic E-state index is 0.0854. The molecule has 0 spiro atoms. The molecule has 162 valence electrons. The molecule has 0 atom stereocenters. The zero-order valence-corrected chi connectivity index (χ0v) is 17.9. The zero-order valence-electron chi connectivity index (χ0n) is 17.9. The Hall–Kier alpha value is -1.98. The summed E-state index contributed by atoms with van der Waals surface area (Å²) < 4.78 is 0. The number of rotatable bonds is 11. The van der Waals surface area contributed by atoms with Crippen LogP contribution in [0, 0.1) is 11.8 Å². The lowest BCUT2D eigenvalue weighted by Crippen LogP contribution is -2.30. The number of aliphatic hydroxyl groups excluding tert-OH is 2. The Morgan fingerprint density at radius 1 is 0.767 bits per heavy atom. The first-order valence-electron chi connectivity index (χ1n) is 11.2. The fraction of sp³-hybridized carbons (Fsp3) is 0.462. The molecule has 0 amide bonds. The average molecular weight is 409 g/mol. The molecule has 0 heterocycles. The number of hydrogen-bond donors (Lipinski definition) is 4. The molecule has 1 aliphatic carbocycles. The van der Waals surface area contributed by atoms with Crippen LogP contribution in [0.25, 0.3) is 6.08 Å². The molecule has 4 heteroatoms. The lowest BCUT2D eigenvalue weighted by Gasteiger charge is -2.28. The summed E-state index contributed by atoms with van der Waals surface area (Å²) in [4.78, 5) is 0. The molecule has 0 bridgehead atoms. The van der Waals surface area contributed by atoms with Crippen LogP contribution in [0.2, 0.25) is 0 Å². The van der Waals surface area contributed by atoms with Gasteiger partial charge in [0, 0.05) is 13.1 Å². The predicted molar refractivity (Wildman–Crippen MR) is 124 cm³/mol. The van der Waals surface area contributed by atoms with Gasteiger partial charge in [0.15, 0.2) is 0 Å². The van der Waals surface area contributed by atoms with Gasteiger partial charge in [-0.1, -0.05) is 60.7 Å². The Labute approximate surface area is 181 Å². The van der Waals surface area contributed by atoms with Gasteiger partial charge in [0.2, 0.25) is 0 Å². The van der Waals surface area contributed by atoms with Crippen molar-refractivity contribution in [2.45, 2.75) is 45.4 Å². The van der Waals surface area contributed by atoms with Crippen LogP contribution >= 0.6 is 0 Å². The van der Waals surface area contributed by atoms with E-state index in [0.717, 1.165) is 54.7 Å². The molecular weight excluding hydrogens is 372 g/mol. The van der Waals surface area contributed by atoms with E-state index in [1.807, 2.05) is 36.4 Å². The smallest absolute Gasteiger partial charge is 0.0687 e. The van der Waals surface area contributed by atoms with E-state index < -0.39 is 0 Å². The van der Waals surface area contributed by atoms with Crippen LogP contribution in [-0.2, 0) is 19.8 Å². The monoisotopic (exact) mass is 408 g/mol. The molecule has 2 aromatic rings. The van der Waals surface area contributed by atoms with Crippen molar-refractivity contribution in [1.29, 1.82) is 0 Å². The molecule has 30 heavy (non-hydrogen) atoms. The van der Waals surface area contributed by atoms with Crippen molar-refractivity contribution in [2.24, 2.45) is 11.8 Å². The first-order valence-corrected chi connectivity index (χ1v) is 11.2. The Morgan fingerprint density at radius 3 is 2.07 bits per heavy atom. The lowest BCUT2D eigenvalue weighted by atomic mass is 9.82. The standard InChI is InChI=1S/C26H36N2O2/c29-19-24-13-11-23(12-14-24)18-28-17-22-9-7-21(8-10-22)16-27-15-3-6-25-4-1-2-5-26(25)20-30/h1-6,11-14,21-22,27-30H,7-10,15-20H2/b6-3-. The highest BCUT2D eigenvalue weighted by molar-refractivity contribution is 5.53. The van der Waals surface area contributed by atoms with Gasteiger partial charge in [-0.3, -0.25) is 0 Å². The summed E-state index contributed by atoms with van der Waals surface area (Å²) in [5, 5.41) is 25.7. The van der Waals surface area contributed by atoms with Gasteiger partial charge in [-0.05, 0) is 72.9 Å². The summed E-state index contributed by atoms with van der Waals surface area (Å²) in [6.45, 7) is 4.15. The maximum Gasteiger partial charge on any atom is 0.0687 e. The van der Waals surface area contributed by atoms with Crippen LogP contribution in [0.15, 0.2) is 54.6 Å². The fourth-order valence-electron chi connectivity index (χ4n) is 4.22. The van der Waals surface area contributed by atoms with Gasteiger partial charge in [0.1, 0.15) is 0 Å². The van der Waals surface area contributed by atoms with E-state index in [1.54, 1.807) is 0 Å². The summed E-state index contributed by atoms with van der Waals surface area (Å²) in [5.41, 5.74) is 4.32. The second kappa shape index (κ2) is 12.7. The minimum atomic E-state index is 0.0854. The Kier molecular flexibility index (Phi) is 9.58. The fourth-order valence-corrected chi connectivity index (χ4v) is 4.22. The van der Waals surface area contributed by atoms with Crippen LogP contribution in [0.4, 0.5) is 0 Å². The van der Waals surface area contributed by atoms with Crippen molar-refractivity contribution in [1.82, 2.24) is 10.6 Å². The maximum atomic E-state index is 9.38. The Bertz CT molecular complexity index is 765. The molecule has 1 aliphatic rings. The van der Waals surface area contributed by atoms with E-state index in [2.05, 4.69) is 34.9 Å². The molecule has 4 N–H and O–H groups in total. The van der Waals surface area contributed by atoms with Crippen molar-refractivity contribution in [3.8, 4) is 0 Å². The maximum absolute atomic E-state index is 9.38. The quantitative estimate of drug-likeness (QED) is 0.426. The highest BCUT2D eigenvalue weighted by Crippen LogP contribution is 2.28. The number of nitrogens with one attached hydrogen (secondary N) is 2. The summed E-state index contributed by atoms with van der Waals surface area (Å²) in [7, 11) is 0. The van der Waals surface area contributed by atoms with E-state index >= 15 is 0 Å². The van der Waals surface area contributed by atoms with Crippen LogP contribution in [0.1, 0.15) is 47.9 Å². The SMILES string of the molecule is OCc1ccc(CNCC2CCC(CNC/C=C\c3ccccc3CO)CC2)cc1. The minimum Gasteiger partial charge on any atom is -0.392 e. The van der Waals surface area contributed by atoms with Gasteiger partial charge in [0.05, 0.1) is 13.2 Å². The second-order valence-electron chi connectivity index (χ2n) is 8.41. The predicted octanol–water partition coefficient (Wildman–Crippen LogP) is 3.87. The topological polar surface area (TPSA) is 64.5 Å². The molecule has 4 nitrogen and oxygen atoms in total. The lowest BCUT2D eigenvalue weighted by molar-refractivity contribution is 0.263. The van der Waals surface area contributed by atoms with Crippen molar-refractivity contribution in [2.75, 3.05) is 19.6 Å². The van der Waals surface area contributed by atoms with Crippen LogP contribution in [-0.4, -0.2) is 29.8 Å². The number of benzene rings is 2. The first-order chi connectivity index (χ1) is 14.8. The van der Waals surface area contributed by atoms with E-state index in [0.29, 0.717) is 0 Å². The van der Waals surface area contributed by atoms with Crippen molar-refractivity contribution >= 4 is 6.08 Å². The van der Waals surface area contributed by atoms with Crippen LogP contribution in [0.3, 0.4) is 0 Å². The average Bonchev–Trinajstić information content (AvgIpc) is 2.80. The highest BCUT2D eigenvalue weighted by atomic mass is 16.3. The molecule has 3 rings (SSSR count). The second-order valence-corrected chi connectivity index (χ2v) is 8.41. The first kappa shape index (κ1) is 22.7. The third-order valence-electron chi connectivity index (χ3n) is 6.15. The molecule has 2 aromatic carbocycles. The molecule has 0 radical (unpaired) electrons. The summed E-state index contributed by atoms with van der Waals surface area (Å²) in [5.74, 6) is 1.57. The summed E-state index contributed by atoms with van der Waals surface area (Å²) in [6, 6.07) is 16.2. The number of hydrogen-bond acceptors (Lipinski definition) is 4. The molecule has 0 unspecified atom stereocenters. The molecule has 0 aromatic heterocycles. The molecule has 1 fully saturated rings. The van der Waals surface area contributed by atoms with Gasteiger partial charge in [-0.15, -0.1) is 0 Å². The van der Waals surface area contributed by atoms with Crippen LogP contribution < -0.4 is 10.6 Å². The molecule has 0 saturated heterocycles. The van der Waals surface area contributed by atoms with Crippen LogP contribution in [0.5, 0.6) is 0 Å². The largest absolute Gasteiger partial charge is 0.392 e. The van der Waals surface area contributed by atoms with E-state index in [-0.39, 0.29) is 13.2 Å². The van der Waals surface area contributed by atoms with Crippen molar-refractivity contribution < 1.29 is 10.2 Å². The van der Waals surface area contributed by atoms with E-state index in [9.17, 15) is 5.11 Å². The van der Waals surface area contributed by atoms with Gasteiger partial charge in [-0.25, -0.2) is 0 Å². The van der Waals surface area contributed by atoms with E-state index in [1.165, 1.54) is 31.2 Å². The van der Waals surface area contributed by atoms with Gasteiger partial charge >= 0.3 is 0 Å². The molecular formula is C26H36N2O2. The zero-order chi connectivity index (χ0) is 21.0. The molecule has 0 aliphatic heterocycles. The van der Waals surface area contributed by atoms with Gasteiger partial charge < -0.3 is 20.8 Å². The number of aliphatic hydroxyl groups is 2. The highest BCUT2D eigenvalue weighted by Gasteiger charge is 2.20. The summed E-state index contributed by atoms with van der Waals surface area (Å²) in [6.07, 6.45) is 9.48. The van der Waals surface area contributed by atoms with Crippen molar-refractivity contribution in [3.05, 3.63) is 76.9 Å². The van der Waals surface area contributed by atoms with Crippen molar-refractivity contribution in [3.63, 3.8) is 0 Å². The van der Waals surface area contributed by atoms with Gasteiger partial charge in [-0.2, -0.15) is 0 Å².